The molecule has 1 spiro atoms. The largest absolute Gasteiger partial charge is 0.493 e. The first-order valence-electron chi connectivity index (χ1n) is 10.6. The van der Waals surface area contributed by atoms with E-state index in [0.717, 1.165) is 22.0 Å². The van der Waals surface area contributed by atoms with Gasteiger partial charge in [-0.15, -0.1) is 0 Å². The number of methoxy groups -OCH3 is 2. The van der Waals surface area contributed by atoms with Crippen LogP contribution in [-0.2, 0) is 15.9 Å². The number of rotatable bonds is 5. The highest BCUT2D eigenvalue weighted by Crippen LogP contribution is 2.43. The van der Waals surface area contributed by atoms with Gasteiger partial charge in [0.2, 0.25) is 0 Å². The molecule has 3 aliphatic rings. The molecule has 0 radical (unpaired) electrons. The van der Waals surface area contributed by atoms with Crippen molar-refractivity contribution in [2.24, 2.45) is 0 Å². The summed E-state index contributed by atoms with van der Waals surface area (Å²) < 4.78 is 23.0. The Morgan fingerprint density at radius 2 is 2.00 bits per heavy atom. The second-order valence-corrected chi connectivity index (χ2v) is 8.17. The Morgan fingerprint density at radius 1 is 1.25 bits per heavy atom. The lowest BCUT2D eigenvalue weighted by atomic mass is 9.76. The van der Waals surface area contributed by atoms with Crippen LogP contribution < -0.4 is 20.5 Å². The van der Waals surface area contributed by atoms with Gasteiger partial charge in [0, 0.05) is 36.3 Å². The molecule has 2 N–H and O–H groups in total. The van der Waals surface area contributed by atoms with Crippen LogP contribution in [0, 0.1) is 6.92 Å². The summed E-state index contributed by atoms with van der Waals surface area (Å²) in [6.45, 7) is 2.12. The third kappa shape index (κ3) is 2.98. The van der Waals surface area contributed by atoms with Gasteiger partial charge in [-0.1, -0.05) is 12.2 Å². The van der Waals surface area contributed by atoms with Crippen molar-refractivity contribution in [1.29, 1.82) is 0 Å². The molecule has 1 aromatic heterocycles. The van der Waals surface area contributed by atoms with Gasteiger partial charge in [-0.3, -0.25) is 4.79 Å². The number of allylic oxidation sites excluding steroid dienone is 2. The Bertz CT molecular complexity index is 1210. The fourth-order valence-electron chi connectivity index (χ4n) is 5.07. The molecule has 3 heterocycles. The molecule has 1 aliphatic carbocycles. The summed E-state index contributed by atoms with van der Waals surface area (Å²) in [5.41, 5.74) is 4.98. The number of aromatic amines is 1. The zero-order chi connectivity index (χ0) is 22.5. The second-order valence-electron chi connectivity index (χ2n) is 8.17. The molecule has 8 heteroatoms. The summed E-state index contributed by atoms with van der Waals surface area (Å²) in [7, 11) is 5.07. The van der Waals surface area contributed by atoms with E-state index in [0.29, 0.717) is 23.5 Å². The van der Waals surface area contributed by atoms with Crippen LogP contribution in [0.15, 0.2) is 53.0 Å². The maximum Gasteiger partial charge on any atom is 0.252 e. The van der Waals surface area contributed by atoms with Crippen LogP contribution in [-0.4, -0.2) is 55.8 Å². The molecule has 8 nitrogen and oxygen atoms in total. The van der Waals surface area contributed by atoms with Crippen molar-refractivity contribution < 1.29 is 18.9 Å². The van der Waals surface area contributed by atoms with Crippen molar-refractivity contribution >= 4 is 10.8 Å². The van der Waals surface area contributed by atoms with E-state index in [2.05, 4.69) is 22.6 Å². The maximum absolute atomic E-state index is 13.1. The summed E-state index contributed by atoms with van der Waals surface area (Å²) in [6.07, 6.45) is 10.3. The number of hydrogen-bond donors (Lipinski definition) is 2. The van der Waals surface area contributed by atoms with Crippen LogP contribution in [0.2, 0.25) is 0 Å². The molecule has 1 fully saturated rings. The maximum atomic E-state index is 13.1. The standard InChI is InChI=1S/C24H27N3O5/c1-14-16-11-19(29-3)20(30-4)12-17(16)18(23(28)26-14)10-15-6-5-8-24-21(31-13-32-24)7-9-27(25-2)22(15)24/h5-9,11-12,21-22,25H,10,13H2,1-4H3,(H,26,28). The van der Waals surface area contributed by atoms with E-state index in [4.69, 9.17) is 18.9 Å². The van der Waals surface area contributed by atoms with Gasteiger partial charge < -0.3 is 28.9 Å². The quantitative estimate of drug-likeness (QED) is 0.743. The Labute approximate surface area is 186 Å². The minimum Gasteiger partial charge on any atom is -0.493 e. The summed E-state index contributed by atoms with van der Waals surface area (Å²) in [5, 5.41) is 3.77. The third-order valence-electron chi connectivity index (χ3n) is 6.61. The van der Waals surface area contributed by atoms with E-state index in [1.54, 1.807) is 14.2 Å². The molecule has 3 atom stereocenters. The van der Waals surface area contributed by atoms with Crippen molar-refractivity contribution in [2.45, 2.75) is 31.1 Å². The average Bonchev–Trinajstić information content (AvgIpc) is 3.22. The summed E-state index contributed by atoms with van der Waals surface area (Å²) in [6, 6.07) is 3.63. The number of benzene rings is 1. The molecule has 0 bridgehead atoms. The highest BCUT2D eigenvalue weighted by molar-refractivity contribution is 5.90. The number of aromatic nitrogens is 1. The van der Waals surface area contributed by atoms with Gasteiger partial charge in [0.1, 0.15) is 24.5 Å². The van der Waals surface area contributed by atoms with E-state index < -0.39 is 5.60 Å². The van der Waals surface area contributed by atoms with Gasteiger partial charge in [0.05, 0.1) is 14.2 Å². The van der Waals surface area contributed by atoms with E-state index in [1.165, 1.54) is 0 Å². The highest BCUT2D eigenvalue weighted by Gasteiger charge is 2.54. The Balaban J connectivity index is 1.64. The van der Waals surface area contributed by atoms with Crippen molar-refractivity contribution in [1.82, 2.24) is 15.4 Å². The number of nitrogens with one attached hydrogen (secondary N) is 2. The molecule has 2 aliphatic heterocycles. The van der Waals surface area contributed by atoms with Gasteiger partial charge in [-0.2, -0.15) is 0 Å². The number of hydrazine groups is 1. The van der Waals surface area contributed by atoms with Gasteiger partial charge in [0.25, 0.3) is 5.56 Å². The Kier molecular flexibility index (Phi) is 5.08. The Hall–Kier alpha value is -3.07. The van der Waals surface area contributed by atoms with E-state index in [9.17, 15) is 4.79 Å². The first-order chi connectivity index (χ1) is 15.5. The van der Waals surface area contributed by atoms with E-state index in [1.807, 2.05) is 49.5 Å². The summed E-state index contributed by atoms with van der Waals surface area (Å²) in [4.78, 5) is 16.2. The van der Waals surface area contributed by atoms with E-state index >= 15 is 0 Å². The van der Waals surface area contributed by atoms with Crippen molar-refractivity contribution in [3.05, 3.63) is 69.8 Å². The van der Waals surface area contributed by atoms with Gasteiger partial charge in [-0.05, 0) is 42.2 Å². The molecule has 32 heavy (non-hydrogen) atoms. The van der Waals surface area contributed by atoms with Crippen molar-refractivity contribution in [2.75, 3.05) is 28.1 Å². The first-order valence-corrected chi connectivity index (χ1v) is 10.6. The number of ether oxygens (including phenoxy) is 4. The molecule has 1 aromatic carbocycles. The fraction of sp³-hybridized carbons (Fsp3) is 0.375. The topological polar surface area (TPSA) is 85.1 Å². The number of hydrogen-bond acceptors (Lipinski definition) is 7. The molecule has 1 saturated heterocycles. The van der Waals surface area contributed by atoms with Crippen LogP contribution in [0.4, 0.5) is 0 Å². The summed E-state index contributed by atoms with van der Waals surface area (Å²) in [5.74, 6) is 1.21. The predicted octanol–water partition coefficient (Wildman–Crippen LogP) is 2.34. The average molecular weight is 437 g/mol. The third-order valence-corrected chi connectivity index (χ3v) is 6.61. The zero-order valence-corrected chi connectivity index (χ0v) is 18.6. The van der Waals surface area contributed by atoms with Crippen LogP contribution in [0.25, 0.3) is 10.8 Å². The van der Waals surface area contributed by atoms with Gasteiger partial charge in [0.15, 0.2) is 11.5 Å². The lowest BCUT2D eigenvalue weighted by Crippen LogP contribution is -2.62. The molecule has 3 unspecified atom stereocenters. The minimum absolute atomic E-state index is 0.116. The lowest BCUT2D eigenvalue weighted by Gasteiger charge is -2.47. The highest BCUT2D eigenvalue weighted by atomic mass is 16.7. The molecular weight excluding hydrogens is 410 g/mol. The fourth-order valence-corrected chi connectivity index (χ4v) is 5.07. The predicted molar refractivity (Wildman–Crippen MR) is 121 cm³/mol. The SMILES string of the molecule is CNN1C=CC2OCOC23C=CC=C(Cc2c(=O)[nH]c(C)c4cc(OC)c(OC)cc24)C13. The number of nitrogens with zero attached hydrogens (tertiary/aromatic N) is 1. The molecule has 168 valence electrons. The zero-order valence-electron chi connectivity index (χ0n) is 18.6. The summed E-state index contributed by atoms with van der Waals surface area (Å²) >= 11 is 0. The Morgan fingerprint density at radius 3 is 2.72 bits per heavy atom. The van der Waals surface area contributed by atoms with Gasteiger partial charge >= 0.3 is 0 Å². The molecule has 2 aromatic rings. The minimum atomic E-state index is -0.643. The van der Waals surface area contributed by atoms with Crippen LogP contribution >= 0.6 is 0 Å². The number of H-pyrrole nitrogens is 1. The molecular formula is C24H27N3O5. The lowest BCUT2D eigenvalue weighted by molar-refractivity contribution is -0.0302. The van der Waals surface area contributed by atoms with Crippen molar-refractivity contribution in [3.63, 3.8) is 0 Å². The van der Waals surface area contributed by atoms with Crippen LogP contribution in [0.5, 0.6) is 11.5 Å². The monoisotopic (exact) mass is 437 g/mol. The molecule has 0 saturated carbocycles. The van der Waals surface area contributed by atoms with Crippen LogP contribution in [0.3, 0.4) is 0 Å². The van der Waals surface area contributed by atoms with Gasteiger partial charge in [-0.25, -0.2) is 5.43 Å². The molecule has 5 rings (SSSR count). The number of pyridine rings is 1. The number of fused-ring (bicyclic) bond motifs is 1. The first kappa shape index (κ1) is 20.8. The number of aryl methyl sites for hydroxylation is 1. The normalized spacial score (nSPS) is 26.1. The van der Waals surface area contributed by atoms with E-state index in [-0.39, 0.29) is 24.5 Å². The smallest absolute Gasteiger partial charge is 0.252 e. The van der Waals surface area contributed by atoms with Crippen LogP contribution in [0.1, 0.15) is 11.3 Å². The molecule has 0 amide bonds. The van der Waals surface area contributed by atoms with Crippen molar-refractivity contribution in [3.8, 4) is 11.5 Å². The second kappa shape index (κ2) is 7.81.